The van der Waals surface area contributed by atoms with E-state index in [1.54, 1.807) is 42.5 Å². The molecule has 0 aliphatic heterocycles. The van der Waals surface area contributed by atoms with Crippen molar-refractivity contribution in [3.63, 3.8) is 0 Å². The lowest BCUT2D eigenvalue weighted by Gasteiger charge is -2.12. The summed E-state index contributed by atoms with van der Waals surface area (Å²) >= 11 is 6.26. The second-order valence-electron chi connectivity index (χ2n) is 5.27. The first kappa shape index (κ1) is 18.6. The first-order valence-corrected chi connectivity index (χ1v) is 8.19. The van der Waals surface area contributed by atoms with Crippen molar-refractivity contribution < 1.29 is 14.3 Å². The number of allylic oxidation sites excluding steroid dienone is 1. The van der Waals surface area contributed by atoms with E-state index in [1.807, 2.05) is 13.0 Å². The smallest absolute Gasteiger partial charge is 0.185 e. The zero-order chi connectivity index (χ0) is 18.2. The van der Waals surface area contributed by atoms with Crippen molar-refractivity contribution in [2.24, 2.45) is 0 Å². The van der Waals surface area contributed by atoms with Gasteiger partial charge in [-0.15, -0.1) is 0 Å². The summed E-state index contributed by atoms with van der Waals surface area (Å²) in [6.07, 6.45) is 3.95. The highest BCUT2D eigenvalue weighted by atomic mass is 35.5. The molecule has 0 atom stereocenters. The SMILES string of the molecule is CCCOc1c(Cl)cc(/C=C/C(=O)c2cccc(C#N)c2)cc1OC. The van der Waals surface area contributed by atoms with Crippen LogP contribution in [0.2, 0.25) is 5.02 Å². The summed E-state index contributed by atoms with van der Waals surface area (Å²) in [5.41, 5.74) is 1.62. The van der Waals surface area contributed by atoms with Gasteiger partial charge in [-0.05, 0) is 42.3 Å². The Kier molecular flexibility index (Phi) is 6.62. The largest absolute Gasteiger partial charge is 0.493 e. The Hall–Kier alpha value is -2.77. The summed E-state index contributed by atoms with van der Waals surface area (Å²) in [6.45, 7) is 2.55. The van der Waals surface area contributed by atoms with Gasteiger partial charge < -0.3 is 9.47 Å². The molecule has 0 spiro atoms. The lowest BCUT2D eigenvalue weighted by Crippen LogP contribution is -1.99. The molecule has 25 heavy (non-hydrogen) atoms. The third-order valence-electron chi connectivity index (χ3n) is 3.41. The van der Waals surface area contributed by atoms with E-state index in [-0.39, 0.29) is 5.78 Å². The molecule has 128 valence electrons. The number of nitriles is 1. The van der Waals surface area contributed by atoms with Crippen molar-refractivity contribution in [1.29, 1.82) is 5.26 Å². The van der Waals surface area contributed by atoms with Crippen LogP contribution in [0.4, 0.5) is 0 Å². The van der Waals surface area contributed by atoms with Crippen LogP contribution < -0.4 is 9.47 Å². The molecule has 2 aromatic carbocycles. The standard InChI is InChI=1S/C20H18ClNO3/c1-3-9-25-20-17(21)11-14(12-19(20)24-2)7-8-18(23)16-6-4-5-15(10-16)13-22/h4-8,10-12H,3,9H2,1-2H3/b8-7+. The average Bonchev–Trinajstić information content (AvgIpc) is 2.64. The molecule has 0 fully saturated rings. The summed E-state index contributed by atoms with van der Waals surface area (Å²) in [5, 5.41) is 9.33. The summed E-state index contributed by atoms with van der Waals surface area (Å²) in [7, 11) is 1.54. The number of hydrogen-bond donors (Lipinski definition) is 0. The second kappa shape index (κ2) is 8.91. The minimum atomic E-state index is -0.196. The lowest BCUT2D eigenvalue weighted by molar-refractivity contribution is 0.104. The van der Waals surface area contributed by atoms with Gasteiger partial charge in [0.1, 0.15) is 0 Å². The zero-order valence-electron chi connectivity index (χ0n) is 14.1. The van der Waals surface area contributed by atoms with Crippen LogP contribution in [0, 0.1) is 11.3 Å². The molecule has 4 nitrogen and oxygen atoms in total. The molecule has 0 radical (unpaired) electrons. The zero-order valence-corrected chi connectivity index (χ0v) is 14.8. The van der Waals surface area contributed by atoms with Gasteiger partial charge in [-0.25, -0.2) is 0 Å². The summed E-state index contributed by atoms with van der Waals surface area (Å²) in [4.78, 5) is 12.2. The maximum absolute atomic E-state index is 12.2. The van der Waals surface area contributed by atoms with Crippen LogP contribution in [-0.2, 0) is 0 Å². The van der Waals surface area contributed by atoms with Crippen molar-refractivity contribution in [1.82, 2.24) is 0 Å². The average molecular weight is 356 g/mol. The van der Waals surface area contributed by atoms with E-state index in [0.29, 0.717) is 34.3 Å². The third kappa shape index (κ3) is 4.85. The van der Waals surface area contributed by atoms with Crippen LogP contribution in [0.5, 0.6) is 11.5 Å². The number of benzene rings is 2. The van der Waals surface area contributed by atoms with E-state index in [1.165, 1.54) is 13.2 Å². The number of carbonyl (C=O) groups is 1. The molecule has 0 amide bonds. The molecule has 0 bridgehead atoms. The minimum Gasteiger partial charge on any atom is -0.493 e. The van der Waals surface area contributed by atoms with E-state index in [2.05, 4.69) is 0 Å². The first-order chi connectivity index (χ1) is 12.1. The molecule has 0 N–H and O–H groups in total. The fourth-order valence-electron chi connectivity index (χ4n) is 2.19. The molecule has 0 saturated carbocycles. The van der Waals surface area contributed by atoms with E-state index in [9.17, 15) is 4.79 Å². The number of rotatable bonds is 7. The van der Waals surface area contributed by atoms with Crippen LogP contribution in [-0.4, -0.2) is 19.5 Å². The quantitative estimate of drug-likeness (QED) is 0.523. The van der Waals surface area contributed by atoms with E-state index in [4.69, 9.17) is 26.3 Å². The number of nitrogens with zero attached hydrogens (tertiary/aromatic N) is 1. The van der Waals surface area contributed by atoms with Crippen molar-refractivity contribution in [3.05, 3.63) is 64.2 Å². The van der Waals surface area contributed by atoms with E-state index < -0.39 is 0 Å². The van der Waals surface area contributed by atoms with Crippen molar-refractivity contribution in [2.45, 2.75) is 13.3 Å². The predicted molar refractivity (Wildman–Crippen MR) is 98.3 cm³/mol. The predicted octanol–water partition coefficient (Wildman–Crippen LogP) is 4.91. The van der Waals surface area contributed by atoms with Gasteiger partial charge in [-0.1, -0.05) is 36.7 Å². The van der Waals surface area contributed by atoms with Gasteiger partial charge in [-0.3, -0.25) is 4.79 Å². The molecule has 0 saturated heterocycles. The number of hydrogen-bond acceptors (Lipinski definition) is 4. The number of ketones is 1. The van der Waals surface area contributed by atoms with Gasteiger partial charge in [0.25, 0.3) is 0 Å². The van der Waals surface area contributed by atoms with Crippen LogP contribution in [0.15, 0.2) is 42.5 Å². The van der Waals surface area contributed by atoms with E-state index >= 15 is 0 Å². The highest BCUT2D eigenvalue weighted by Crippen LogP contribution is 2.36. The Morgan fingerprint density at radius 2 is 2.12 bits per heavy atom. The summed E-state index contributed by atoms with van der Waals surface area (Å²) in [6, 6.07) is 12.0. The van der Waals surface area contributed by atoms with Gasteiger partial charge in [0, 0.05) is 5.56 Å². The van der Waals surface area contributed by atoms with Gasteiger partial charge in [0.05, 0.1) is 30.4 Å². The minimum absolute atomic E-state index is 0.196. The van der Waals surface area contributed by atoms with Crippen LogP contribution >= 0.6 is 11.6 Å². The Labute approximate surface area is 152 Å². The number of methoxy groups -OCH3 is 1. The van der Waals surface area contributed by atoms with Crippen molar-refractivity contribution >= 4 is 23.5 Å². The van der Waals surface area contributed by atoms with Gasteiger partial charge in [-0.2, -0.15) is 5.26 Å². The molecule has 2 aromatic rings. The fourth-order valence-corrected chi connectivity index (χ4v) is 2.46. The molecular weight excluding hydrogens is 338 g/mol. The lowest BCUT2D eigenvalue weighted by atomic mass is 10.1. The topological polar surface area (TPSA) is 59.3 Å². The Morgan fingerprint density at radius 1 is 1.32 bits per heavy atom. The van der Waals surface area contributed by atoms with Crippen molar-refractivity contribution in [3.8, 4) is 17.6 Å². The molecule has 0 aromatic heterocycles. The molecule has 5 heteroatoms. The van der Waals surface area contributed by atoms with Gasteiger partial charge in [0.2, 0.25) is 0 Å². The Balaban J connectivity index is 2.24. The summed E-state index contributed by atoms with van der Waals surface area (Å²) in [5.74, 6) is 0.814. The normalized spacial score (nSPS) is 10.5. The molecule has 0 heterocycles. The maximum Gasteiger partial charge on any atom is 0.185 e. The van der Waals surface area contributed by atoms with Crippen LogP contribution in [0.25, 0.3) is 6.08 Å². The number of ether oxygens (including phenoxy) is 2. The molecular formula is C20H18ClNO3. The van der Waals surface area contributed by atoms with Crippen LogP contribution in [0.3, 0.4) is 0 Å². The highest BCUT2D eigenvalue weighted by molar-refractivity contribution is 6.32. The third-order valence-corrected chi connectivity index (χ3v) is 3.69. The van der Waals surface area contributed by atoms with Crippen LogP contribution in [0.1, 0.15) is 34.8 Å². The van der Waals surface area contributed by atoms with Gasteiger partial charge >= 0.3 is 0 Å². The van der Waals surface area contributed by atoms with E-state index in [0.717, 1.165) is 12.0 Å². The molecule has 0 aliphatic rings. The van der Waals surface area contributed by atoms with Gasteiger partial charge in [0.15, 0.2) is 17.3 Å². The second-order valence-corrected chi connectivity index (χ2v) is 5.68. The number of halogens is 1. The molecule has 0 unspecified atom stereocenters. The Morgan fingerprint density at radius 3 is 2.80 bits per heavy atom. The molecule has 2 rings (SSSR count). The summed E-state index contributed by atoms with van der Waals surface area (Å²) < 4.78 is 10.9. The fraction of sp³-hybridized carbons (Fsp3) is 0.200. The molecule has 0 aliphatic carbocycles. The Bertz CT molecular complexity index is 837. The number of carbonyl (C=O) groups excluding carboxylic acids is 1. The monoisotopic (exact) mass is 355 g/mol. The first-order valence-electron chi connectivity index (χ1n) is 7.82. The maximum atomic E-state index is 12.2. The van der Waals surface area contributed by atoms with Crippen molar-refractivity contribution in [2.75, 3.05) is 13.7 Å². The highest BCUT2D eigenvalue weighted by Gasteiger charge is 2.11.